The molecule has 3 aromatic carbocycles. The second-order valence-electron chi connectivity index (χ2n) is 10.2. The van der Waals surface area contributed by atoms with E-state index in [1.54, 1.807) is 6.21 Å². The SMILES string of the molecule is CCN(CC)c1ccc(/C=N\NC(=O)CSc2nnc(-c3ccc(C(C)(C)C)cc3)n2-c2ccccc2)cc1. The molecule has 0 bridgehead atoms. The number of carbonyl (C=O) groups is 1. The molecular weight excluding hydrogens is 504 g/mol. The van der Waals surface area contributed by atoms with Crippen LogP contribution in [0.15, 0.2) is 89.1 Å². The van der Waals surface area contributed by atoms with Crippen LogP contribution in [0.2, 0.25) is 0 Å². The van der Waals surface area contributed by atoms with Crippen LogP contribution in [-0.2, 0) is 10.2 Å². The Labute approximate surface area is 235 Å². The second-order valence-corrected chi connectivity index (χ2v) is 11.1. The summed E-state index contributed by atoms with van der Waals surface area (Å²) in [6.45, 7) is 12.8. The minimum Gasteiger partial charge on any atom is -0.372 e. The van der Waals surface area contributed by atoms with Crippen LogP contribution >= 0.6 is 11.8 Å². The summed E-state index contributed by atoms with van der Waals surface area (Å²) in [5, 5.41) is 13.7. The Kier molecular flexibility index (Phi) is 9.19. The van der Waals surface area contributed by atoms with Crippen molar-refractivity contribution in [1.29, 1.82) is 0 Å². The van der Waals surface area contributed by atoms with Crippen LogP contribution in [0, 0.1) is 0 Å². The Morgan fingerprint density at radius 1 is 0.949 bits per heavy atom. The number of hydrogen-bond donors (Lipinski definition) is 1. The summed E-state index contributed by atoms with van der Waals surface area (Å²) >= 11 is 1.33. The fourth-order valence-electron chi connectivity index (χ4n) is 4.18. The normalized spacial score (nSPS) is 11.6. The summed E-state index contributed by atoms with van der Waals surface area (Å²) in [4.78, 5) is 14.9. The Hall–Kier alpha value is -3.91. The zero-order valence-corrected chi connectivity index (χ0v) is 24.1. The van der Waals surface area contributed by atoms with Crippen LogP contribution in [-0.4, -0.2) is 45.7 Å². The maximum absolute atomic E-state index is 12.6. The van der Waals surface area contributed by atoms with Gasteiger partial charge in [0.15, 0.2) is 11.0 Å². The van der Waals surface area contributed by atoms with Gasteiger partial charge in [-0.2, -0.15) is 5.10 Å². The van der Waals surface area contributed by atoms with Gasteiger partial charge < -0.3 is 4.90 Å². The van der Waals surface area contributed by atoms with E-state index in [1.165, 1.54) is 23.0 Å². The number of carbonyl (C=O) groups excluding carboxylic acids is 1. The first kappa shape index (κ1) is 28.1. The van der Waals surface area contributed by atoms with E-state index >= 15 is 0 Å². The lowest BCUT2D eigenvalue weighted by atomic mass is 9.87. The number of nitrogens with one attached hydrogen (secondary N) is 1. The molecule has 0 aliphatic rings. The van der Waals surface area contributed by atoms with Gasteiger partial charge in [0.2, 0.25) is 0 Å². The first-order chi connectivity index (χ1) is 18.8. The summed E-state index contributed by atoms with van der Waals surface area (Å²) in [6, 6.07) is 26.5. The van der Waals surface area contributed by atoms with Crippen LogP contribution in [0.25, 0.3) is 17.1 Å². The third-order valence-corrected chi connectivity index (χ3v) is 7.34. The molecule has 0 fully saturated rings. The maximum atomic E-state index is 12.6. The third kappa shape index (κ3) is 7.15. The molecule has 0 spiro atoms. The number of hydrazone groups is 1. The van der Waals surface area contributed by atoms with Gasteiger partial charge in [0.1, 0.15) is 0 Å². The molecule has 0 unspecified atom stereocenters. The van der Waals surface area contributed by atoms with Crippen LogP contribution in [0.1, 0.15) is 45.7 Å². The molecule has 8 heteroatoms. The molecule has 0 aliphatic carbocycles. The van der Waals surface area contributed by atoms with Gasteiger partial charge in [-0.25, -0.2) is 5.43 Å². The van der Waals surface area contributed by atoms with Gasteiger partial charge in [0, 0.05) is 30.0 Å². The van der Waals surface area contributed by atoms with Gasteiger partial charge in [-0.3, -0.25) is 9.36 Å². The van der Waals surface area contributed by atoms with Crippen molar-refractivity contribution < 1.29 is 4.79 Å². The topological polar surface area (TPSA) is 75.4 Å². The Balaban J connectivity index is 1.45. The van der Waals surface area contributed by atoms with Gasteiger partial charge in [0.05, 0.1) is 12.0 Å². The number of nitrogens with zero attached hydrogens (tertiary/aromatic N) is 5. The van der Waals surface area contributed by atoms with Crippen molar-refractivity contribution >= 4 is 29.6 Å². The summed E-state index contributed by atoms with van der Waals surface area (Å²) in [5.41, 5.74) is 7.93. The highest BCUT2D eigenvalue weighted by atomic mass is 32.2. The molecule has 0 aliphatic heterocycles. The second kappa shape index (κ2) is 12.8. The van der Waals surface area contributed by atoms with E-state index in [9.17, 15) is 4.79 Å². The zero-order valence-electron chi connectivity index (χ0n) is 23.3. The summed E-state index contributed by atoms with van der Waals surface area (Å²) in [6.07, 6.45) is 1.65. The molecule has 0 saturated heterocycles. The average Bonchev–Trinajstić information content (AvgIpc) is 3.37. The van der Waals surface area contributed by atoms with Crippen molar-refractivity contribution in [3.8, 4) is 17.1 Å². The highest BCUT2D eigenvalue weighted by molar-refractivity contribution is 7.99. The highest BCUT2D eigenvalue weighted by Gasteiger charge is 2.19. The molecule has 1 N–H and O–H groups in total. The molecule has 1 amide bonds. The minimum atomic E-state index is -0.213. The van der Waals surface area contributed by atoms with Crippen molar-refractivity contribution in [3.05, 3.63) is 90.0 Å². The number of amides is 1. The standard InChI is InChI=1S/C31H36N6OS/c1-6-36(7-2)26-19-13-23(14-20-26)21-32-33-28(38)22-39-30-35-34-29(37(30)27-11-9-8-10-12-27)24-15-17-25(18-16-24)31(3,4)5/h8-21H,6-7,22H2,1-5H3,(H,33,38)/b32-21-. The van der Waals surface area contributed by atoms with E-state index in [4.69, 9.17) is 0 Å². The Morgan fingerprint density at radius 3 is 2.23 bits per heavy atom. The number of para-hydroxylation sites is 1. The van der Waals surface area contributed by atoms with E-state index in [1.807, 2.05) is 47.0 Å². The molecule has 4 aromatic rings. The van der Waals surface area contributed by atoms with Gasteiger partial charge in [0.25, 0.3) is 5.91 Å². The van der Waals surface area contributed by atoms with Crippen molar-refractivity contribution in [2.24, 2.45) is 5.10 Å². The number of hydrogen-bond acceptors (Lipinski definition) is 6. The molecule has 4 rings (SSSR count). The summed E-state index contributed by atoms with van der Waals surface area (Å²) in [7, 11) is 0. The maximum Gasteiger partial charge on any atom is 0.250 e. The summed E-state index contributed by atoms with van der Waals surface area (Å²) < 4.78 is 1.99. The lowest BCUT2D eigenvalue weighted by Crippen LogP contribution is -2.21. The fourth-order valence-corrected chi connectivity index (χ4v) is 4.92. The number of anilines is 1. The van der Waals surface area contributed by atoms with Crippen molar-refractivity contribution in [2.75, 3.05) is 23.7 Å². The molecule has 1 aromatic heterocycles. The average molecular weight is 541 g/mol. The molecule has 1 heterocycles. The first-order valence-electron chi connectivity index (χ1n) is 13.2. The van der Waals surface area contributed by atoms with Crippen molar-refractivity contribution in [3.63, 3.8) is 0 Å². The predicted octanol–water partition coefficient (Wildman–Crippen LogP) is 6.32. The van der Waals surface area contributed by atoms with E-state index in [-0.39, 0.29) is 17.1 Å². The van der Waals surface area contributed by atoms with Crippen LogP contribution in [0.3, 0.4) is 0 Å². The molecular formula is C31H36N6OS. The number of rotatable bonds is 10. The zero-order chi connectivity index (χ0) is 27.8. The largest absolute Gasteiger partial charge is 0.372 e. The summed E-state index contributed by atoms with van der Waals surface area (Å²) in [5.74, 6) is 0.678. The van der Waals surface area contributed by atoms with Crippen molar-refractivity contribution in [1.82, 2.24) is 20.2 Å². The molecule has 7 nitrogen and oxygen atoms in total. The van der Waals surface area contributed by atoms with E-state index in [2.05, 4.69) is 96.6 Å². The van der Waals surface area contributed by atoms with E-state index in [0.717, 1.165) is 35.7 Å². The molecule has 0 atom stereocenters. The predicted molar refractivity (Wildman–Crippen MR) is 162 cm³/mol. The Morgan fingerprint density at radius 2 is 1.62 bits per heavy atom. The first-order valence-corrected chi connectivity index (χ1v) is 14.2. The third-order valence-electron chi connectivity index (χ3n) is 6.41. The van der Waals surface area contributed by atoms with Crippen LogP contribution < -0.4 is 10.3 Å². The quantitative estimate of drug-likeness (QED) is 0.145. The van der Waals surface area contributed by atoms with Crippen LogP contribution in [0.4, 0.5) is 5.69 Å². The highest BCUT2D eigenvalue weighted by Crippen LogP contribution is 2.30. The fraction of sp³-hybridized carbons (Fsp3) is 0.290. The van der Waals surface area contributed by atoms with Gasteiger partial charge in [-0.05, 0) is 54.7 Å². The number of thioether (sulfide) groups is 1. The smallest absolute Gasteiger partial charge is 0.250 e. The molecule has 0 radical (unpaired) electrons. The lowest BCUT2D eigenvalue weighted by Gasteiger charge is -2.20. The van der Waals surface area contributed by atoms with E-state index in [0.29, 0.717) is 5.16 Å². The Bertz CT molecular complexity index is 1390. The van der Waals surface area contributed by atoms with Crippen molar-refractivity contribution in [2.45, 2.75) is 45.2 Å². The number of benzene rings is 3. The van der Waals surface area contributed by atoms with E-state index < -0.39 is 0 Å². The van der Waals surface area contributed by atoms with Gasteiger partial charge >= 0.3 is 0 Å². The van der Waals surface area contributed by atoms with Crippen LogP contribution in [0.5, 0.6) is 0 Å². The number of aromatic nitrogens is 3. The van der Waals surface area contributed by atoms with Gasteiger partial charge in [-0.1, -0.05) is 87.1 Å². The molecule has 0 saturated carbocycles. The minimum absolute atomic E-state index is 0.0667. The molecule has 39 heavy (non-hydrogen) atoms. The lowest BCUT2D eigenvalue weighted by molar-refractivity contribution is -0.118. The molecule has 202 valence electrons. The van der Waals surface area contributed by atoms with Gasteiger partial charge in [-0.15, -0.1) is 10.2 Å². The monoisotopic (exact) mass is 540 g/mol.